The van der Waals surface area contributed by atoms with Gasteiger partial charge in [0.05, 0.1) is 11.8 Å². The number of pyridine rings is 1. The van der Waals surface area contributed by atoms with Crippen LogP contribution < -0.4 is 10.4 Å². The van der Waals surface area contributed by atoms with Crippen molar-refractivity contribution in [2.75, 3.05) is 0 Å². The minimum atomic E-state index is -1.15. The molecule has 5 nitrogen and oxygen atoms in total. The Bertz CT molecular complexity index is 692. The number of benzene rings is 1. The Morgan fingerprint density at radius 2 is 1.85 bits per heavy atom. The van der Waals surface area contributed by atoms with E-state index in [4.69, 9.17) is 33.1 Å². The highest BCUT2D eigenvalue weighted by atomic mass is 35.5. The zero-order valence-corrected chi connectivity index (χ0v) is 11.6. The van der Waals surface area contributed by atoms with Gasteiger partial charge in [-0.1, -0.05) is 29.3 Å². The lowest BCUT2D eigenvalue weighted by atomic mass is 10.2. The molecule has 0 fully saturated rings. The summed E-state index contributed by atoms with van der Waals surface area (Å²) in [4.78, 5) is 27.6. The normalized spacial score (nSPS) is 10.3. The highest BCUT2D eigenvalue weighted by molar-refractivity contribution is 6.35. The van der Waals surface area contributed by atoms with E-state index in [9.17, 15) is 9.59 Å². The van der Waals surface area contributed by atoms with E-state index in [0.717, 1.165) is 17.0 Å². The fourth-order valence-corrected chi connectivity index (χ4v) is 2.01. The first kappa shape index (κ1) is 14.4. The highest BCUT2D eigenvalue weighted by Crippen LogP contribution is 2.24. The van der Waals surface area contributed by atoms with Crippen LogP contribution in [0.4, 0.5) is 0 Å². The second-order valence-electron chi connectivity index (χ2n) is 3.86. The second-order valence-corrected chi connectivity index (χ2v) is 4.68. The van der Waals surface area contributed by atoms with Crippen molar-refractivity contribution in [3.05, 3.63) is 68.1 Å². The van der Waals surface area contributed by atoms with Crippen LogP contribution in [0.2, 0.25) is 10.0 Å². The van der Waals surface area contributed by atoms with Gasteiger partial charge in [0.25, 0.3) is 5.56 Å². The van der Waals surface area contributed by atoms with Crippen LogP contribution in [0.5, 0.6) is 0 Å². The predicted molar refractivity (Wildman–Crippen MR) is 74.4 cm³/mol. The van der Waals surface area contributed by atoms with E-state index >= 15 is 0 Å². The third kappa shape index (κ3) is 3.12. The van der Waals surface area contributed by atoms with E-state index in [0.29, 0.717) is 15.6 Å². The van der Waals surface area contributed by atoms with Crippen LogP contribution >= 0.6 is 23.2 Å². The van der Waals surface area contributed by atoms with Gasteiger partial charge in [0.2, 0.25) is 0 Å². The maximum atomic E-state index is 11.6. The quantitative estimate of drug-likeness (QED) is 0.941. The molecule has 0 radical (unpaired) electrons. The van der Waals surface area contributed by atoms with Crippen molar-refractivity contribution in [3.63, 3.8) is 0 Å². The van der Waals surface area contributed by atoms with Gasteiger partial charge in [0.15, 0.2) is 0 Å². The molecule has 0 spiro atoms. The molecule has 20 heavy (non-hydrogen) atoms. The van der Waals surface area contributed by atoms with Gasteiger partial charge >= 0.3 is 5.97 Å². The van der Waals surface area contributed by atoms with Crippen molar-refractivity contribution in [3.8, 4) is 0 Å². The molecule has 104 valence electrons. The van der Waals surface area contributed by atoms with Crippen molar-refractivity contribution in [2.24, 2.45) is 0 Å². The summed E-state index contributed by atoms with van der Waals surface area (Å²) < 4.78 is 0.836. The second kappa shape index (κ2) is 5.98. The van der Waals surface area contributed by atoms with Gasteiger partial charge in [0, 0.05) is 21.7 Å². The third-order valence-electron chi connectivity index (χ3n) is 2.54. The summed E-state index contributed by atoms with van der Waals surface area (Å²) in [5.74, 6) is -1.15. The Morgan fingerprint density at radius 1 is 1.20 bits per heavy atom. The number of aromatic nitrogens is 1. The molecule has 1 N–H and O–H groups in total. The Balaban J connectivity index is 2.25. The number of rotatable bonds is 4. The molecule has 7 heteroatoms. The lowest BCUT2D eigenvalue weighted by Gasteiger charge is -2.11. The number of carbonyl (C=O) groups is 1. The van der Waals surface area contributed by atoms with E-state index in [1.54, 1.807) is 18.2 Å². The minimum Gasteiger partial charge on any atom is -0.478 e. The molecular weight excluding hydrogens is 305 g/mol. The van der Waals surface area contributed by atoms with E-state index < -0.39 is 11.5 Å². The average molecular weight is 314 g/mol. The summed E-state index contributed by atoms with van der Waals surface area (Å²) in [7, 11) is 0. The number of hydrogen-bond acceptors (Lipinski definition) is 3. The Kier molecular flexibility index (Phi) is 4.32. The molecule has 0 saturated heterocycles. The van der Waals surface area contributed by atoms with Gasteiger partial charge in [-0.05, 0) is 18.2 Å². The largest absolute Gasteiger partial charge is 0.478 e. The summed E-state index contributed by atoms with van der Waals surface area (Å²) in [6.45, 7) is -0.0541. The molecule has 0 amide bonds. The Labute approximate surface area is 123 Å². The number of aromatic carboxylic acids is 1. The van der Waals surface area contributed by atoms with Crippen LogP contribution in [0.3, 0.4) is 0 Å². The predicted octanol–water partition coefficient (Wildman–Crippen LogP) is 2.48. The number of carboxylic acids is 1. The van der Waals surface area contributed by atoms with Gasteiger partial charge in [-0.25, -0.2) is 4.79 Å². The molecule has 2 rings (SSSR count). The number of halogens is 2. The molecular formula is C13H9Cl2NO4. The number of hydrogen-bond donors (Lipinski definition) is 1. The van der Waals surface area contributed by atoms with Gasteiger partial charge in [0.1, 0.15) is 6.61 Å². The van der Waals surface area contributed by atoms with Crippen LogP contribution in [0.15, 0.2) is 41.3 Å². The maximum absolute atomic E-state index is 11.6. The number of carboxylic acid groups (broad SMARTS) is 1. The fourth-order valence-electron chi connectivity index (χ4n) is 1.50. The van der Waals surface area contributed by atoms with Gasteiger partial charge in [-0.2, -0.15) is 4.73 Å². The topological polar surface area (TPSA) is 68.5 Å². The van der Waals surface area contributed by atoms with Crippen molar-refractivity contribution in [1.82, 2.24) is 4.73 Å². The molecule has 0 aliphatic rings. The Morgan fingerprint density at radius 3 is 2.45 bits per heavy atom. The van der Waals surface area contributed by atoms with Gasteiger partial charge < -0.3 is 9.94 Å². The first-order chi connectivity index (χ1) is 9.49. The van der Waals surface area contributed by atoms with Crippen LogP contribution in [0.25, 0.3) is 0 Å². The maximum Gasteiger partial charge on any atom is 0.337 e. The van der Waals surface area contributed by atoms with Crippen LogP contribution in [-0.4, -0.2) is 15.8 Å². The first-order valence-electron chi connectivity index (χ1n) is 5.51. The third-order valence-corrected chi connectivity index (χ3v) is 3.24. The lowest BCUT2D eigenvalue weighted by Crippen LogP contribution is -2.26. The van der Waals surface area contributed by atoms with E-state index in [-0.39, 0.29) is 12.2 Å². The van der Waals surface area contributed by atoms with Crippen molar-refractivity contribution in [1.29, 1.82) is 0 Å². The molecule has 0 atom stereocenters. The van der Waals surface area contributed by atoms with E-state index in [1.807, 2.05) is 0 Å². The smallest absolute Gasteiger partial charge is 0.337 e. The fraction of sp³-hybridized carbons (Fsp3) is 0.0769. The molecule has 0 bridgehead atoms. The first-order valence-corrected chi connectivity index (χ1v) is 6.27. The highest BCUT2D eigenvalue weighted by Gasteiger charge is 2.09. The molecule has 1 aromatic heterocycles. The van der Waals surface area contributed by atoms with E-state index in [1.165, 1.54) is 6.07 Å². The van der Waals surface area contributed by atoms with Crippen LogP contribution in [-0.2, 0) is 6.61 Å². The minimum absolute atomic E-state index is 0.0541. The summed E-state index contributed by atoms with van der Waals surface area (Å²) in [6, 6.07) is 7.28. The van der Waals surface area contributed by atoms with Crippen molar-refractivity contribution in [2.45, 2.75) is 6.61 Å². The van der Waals surface area contributed by atoms with Crippen LogP contribution in [0, 0.1) is 0 Å². The monoisotopic (exact) mass is 313 g/mol. The Hall–Kier alpha value is -1.98. The van der Waals surface area contributed by atoms with Gasteiger partial charge in [-0.3, -0.25) is 4.79 Å². The SMILES string of the molecule is O=C(O)c1ccc(=O)n(OCc2c(Cl)cccc2Cl)c1. The molecule has 2 aromatic rings. The zero-order chi connectivity index (χ0) is 14.7. The molecule has 1 heterocycles. The van der Waals surface area contributed by atoms with Crippen LogP contribution in [0.1, 0.15) is 15.9 Å². The summed E-state index contributed by atoms with van der Waals surface area (Å²) in [6.07, 6.45) is 1.09. The van der Waals surface area contributed by atoms with Crippen molar-refractivity contribution >= 4 is 29.2 Å². The molecule has 0 aliphatic heterocycles. The standard InChI is InChI=1S/C13H9Cl2NO4/c14-10-2-1-3-11(15)9(10)7-20-16-6-8(13(18)19)4-5-12(16)17/h1-6H,7H2,(H,18,19). The summed E-state index contributed by atoms with van der Waals surface area (Å²) in [5, 5.41) is 9.67. The molecule has 1 aromatic carbocycles. The van der Waals surface area contributed by atoms with Gasteiger partial charge in [-0.15, -0.1) is 0 Å². The molecule has 0 unspecified atom stereocenters. The summed E-state index contributed by atoms with van der Waals surface area (Å²) in [5.41, 5.74) is -0.0310. The lowest BCUT2D eigenvalue weighted by molar-refractivity contribution is 0.0674. The zero-order valence-electron chi connectivity index (χ0n) is 10.0. The summed E-state index contributed by atoms with van der Waals surface area (Å²) >= 11 is 11.9. The average Bonchev–Trinajstić information content (AvgIpc) is 2.39. The number of nitrogens with zero attached hydrogens (tertiary/aromatic N) is 1. The van der Waals surface area contributed by atoms with E-state index in [2.05, 4.69) is 0 Å². The molecule has 0 aliphatic carbocycles. The van der Waals surface area contributed by atoms with Crippen molar-refractivity contribution < 1.29 is 14.7 Å². The molecule has 0 saturated carbocycles.